The van der Waals surface area contributed by atoms with Crippen LogP contribution in [-0.2, 0) is 22.3 Å². The van der Waals surface area contributed by atoms with Crippen LogP contribution in [0.4, 0.5) is 0 Å². The highest BCUT2D eigenvalue weighted by atomic mass is 35.5. The first-order chi connectivity index (χ1) is 11.0. The number of para-hydroxylation sites is 1. The molecule has 0 fully saturated rings. The maximum absolute atomic E-state index is 12.5. The number of furan rings is 1. The molecule has 1 heterocycles. The summed E-state index contributed by atoms with van der Waals surface area (Å²) >= 11 is 6.05. The van der Waals surface area contributed by atoms with Crippen LogP contribution in [0.3, 0.4) is 0 Å². The Morgan fingerprint density at radius 2 is 1.78 bits per heavy atom. The molecular formula is C17H16ClNO3S. The van der Waals surface area contributed by atoms with Gasteiger partial charge in [0, 0.05) is 17.5 Å². The number of sulfonamides is 1. The van der Waals surface area contributed by atoms with Gasteiger partial charge in [-0.15, -0.1) is 0 Å². The average Bonchev–Trinajstić information content (AvgIpc) is 2.91. The predicted molar refractivity (Wildman–Crippen MR) is 91.8 cm³/mol. The summed E-state index contributed by atoms with van der Waals surface area (Å²) in [5, 5.41) is 1.41. The molecular weight excluding hydrogens is 334 g/mol. The molecule has 0 atom stereocenters. The molecule has 0 aliphatic rings. The maximum atomic E-state index is 12.5. The van der Waals surface area contributed by atoms with Gasteiger partial charge < -0.3 is 4.42 Å². The van der Waals surface area contributed by atoms with Gasteiger partial charge in [0.1, 0.15) is 11.3 Å². The van der Waals surface area contributed by atoms with Crippen molar-refractivity contribution >= 4 is 32.6 Å². The zero-order chi connectivity index (χ0) is 16.4. The molecule has 6 heteroatoms. The summed E-state index contributed by atoms with van der Waals surface area (Å²) in [7, 11) is -1.94. The fourth-order valence-corrected chi connectivity index (χ4v) is 3.83. The van der Waals surface area contributed by atoms with Crippen molar-refractivity contribution in [3.05, 3.63) is 70.9 Å². The molecule has 120 valence electrons. The van der Waals surface area contributed by atoms with E-state index in [1.807, 2.05) is 30.3 Å². The Hall–Kier alpha value is -1.82. The molecule has 0 N–H and O–H groups in total. The summed E-state index contributed by atoms with van der Waals surface area (Å²) in [6, 6.07) is 16.4. The third-order valence-corrected chi connectivity index (χ3v) is 5.75. The van der Waals surface area contributed by atoms with Crippen LogP contribution in [0.2, 0.25) is 5.02 Å². The van der Waals surface area contributed by atoms with E-state index in [1.54, 1.807) is 31.3 Å². The molecule has 2 aromatic carbocycles. The lowest BCUT2D eigenvalue weighted by molar-refractivity contribution is 0.417. The van der Waals surface area contributed by atoms with Crippen LogP contribution >= 0.6 is 11.6 Å². The van der Waals surface area contributed by atoms with E-state index in [0.29, 0.717) is 16.3 Å². The Bertz CT molecular complexity index is 901. The van der Waals surface area contributed by atoms with Gasteiger partial charge in [-0.05, 0) is 23.8 Å². The van der Waals surface area contributed by atoms with E-state index < -0.39 is 10.0 Å². The molecule has 0 amide bonds. The second kappa shape index (κ2) is 6.35. The summed E-state index contributed by atoms with van der Waals surface area (Å²) in [6.07, 6.45) is 0. The van der Waals surface area contributed by atoms with Gasteiger partial charge in [0.05, 0.1) is 12.3 Å². The van der Waals surface area contributed by atoms with Crippen molar-refractivity contribution in [2.24, 2.45) is 0 Å². The molecule has 23 heavy (non-hydrogen) atoms. The zero-order valence-corrected chi connectivity index (χ0v) is 14.1. The fraction of sp³-hybridized carbons (Fsp3) is 0.176. The second-order valence-corrected chi connectivity index (χ2v) is 7.84. The summed E-state index contributed by atoms with van der Waals surface area (Å²) in [6.45, 7) is 0.182. The molecule has 0 aliphatic carbocycles. The minimum atomic E-state index is -3.48. The van der Waals surface area contributed by atoms with E-state index in [2.05, 4.69) is 0 Å². The van der Waals surface area contributed by atoms with Crippen LogP contribution in [0.5, 0.6) is 0 Å². The van der Waals surface area contributed by atoms with Crippen molar-refractivity contribution in [1.29, 1.82) is 0 Å². The number of benzene rings is 2. The fourth-order valence-electron chi connectivity index (χ4n) is 2.35. The summed E-state index contributed by atoms with van der Waals surface area (Å²) in [4.78, 5) is 0. The molecule has 4 nitrogen and oxygen atoms in total. The topological polar surface area (TPSA) is 50.5 Å². The Labute approximate surface area is 140 Å². The number of fused-ring (bicyclic) bond motifs is 1. The third-order valence-electron chi connectivity index (χ3n) is 3.63. The molecule has 0 aliphatic heterocycles. The summed E-state index contributed by atoms with van der Waals surface area (Å²) in [5.74, 6) is 0.472. The molecule has 0 unspecified atom stereocenters. The molecule has 0 radical (unpaired) electrons. The molecule has 0 bridgehead atoms. The minimum absolute atomic E-state index is 0.136. The molecule has 1 aromatic heterocycles. The average molecular weight is 350 g/mol. The number of hydrogen-bond acceptors (Lipinski definition) is 3. The van der Waals surface area contributed by atoms with Gasteiger partial charge in [0.15, 0.2) is 0 Å². The number of nitrogens with zero attached hydrogens (tertiary/aromatic N) is 1. The predicted octanol–water partition coefficient (Wildman–Crippen LogP) is 4.05. The normalized spacial score (nSPS) is 12.1. The molecule has 3 rings (SSSR count). The van der Waals surface area contributed by atoms with Gasteiger partial charge in [-0.2, -0.15) is 4.31 Å². The van der Waals surface area contributed by atoms with Crippen molar-refractivity contribution in [2.75, 3.05) is 7.05 Å². The largest absolute Gasteiger partial charge is 0.460 e. The van der Waals surface area contributed by atoms with Crippen LogP contribution in [0, 0.1) is 0 Å². The summed E-state index contributed by atoms with van der Waals surface area (Å²) in [5.41, 5.74) is 1.34. The summed E-state index contributed by atoms with van der Waals surface area (Å²) < 4.78 is 32.0. The van der Waals surface area contributed by atoms with E-state index in [0.717, 1.165) is 11.0 Å². The number of hydrogen-bond donors (Lipinski definition) is 0. The third kappa shape index (κ3) is 3.58. The first-order valence-electron chi connectivity index (χ1n) is 7.10. The Balaban J connectivity index is 1.78. The smallest absolute Gasteiger partial charge is 0.218 e. The molecule has 0 spiro atoms. The highest BCUT2D eigenvalue weighted by Crippen LogP contribution is 2.23. The Morgan fingerprint density at radius 3 is 2.52 bits per heavy atom. The van der Waals surface area contributed by atoms with E-state index in [-0.39, 0.29) is 12.3 Å². The molecule has 3 aromatic rings. The van der Waals surface area contributed by atoms with Gasteiger partial charge in [-0.25, -0.2) is 8.42 Å². The lowest BCUT2D eigenvalue weighted by Gasteiger charge is -2.16. The maximum Gasteiger partial charge on any atom is 0.218 e. The number of rotatable bonds is 5. The first kappa shape index (κ1) is 16.1. The minimum Gasteiger partial charge on any atom is -0.460 e. The standard InChI is InChI=1S/C17H16ClNO3S/c1-19(11-15-10-13-6-3-5-9-17(13)22-15)23(20,21)12-14-7-2-4-8-16(14)18/h2-10H,11-12H2,1H3. The monoisotopic (exact) mass is 349 g/mol. The van der Waals surface area contributed by atoms with Gasteiger partial charge in [0.25, 0.3) is 0 Å². The van der Waals surface area contributed by atoms with Crippen molar-refractivity contribution < 1.29 is 12.8 Å². The van der Waals surface area contributed by atoms with E-state index in [4.69, 9.17) is 16.0 Å². The lowest BCUT2D eigenvalue weighted by Crippen LogP contribution is -2.27. The Morgan fingerprint density at radius 1 is 1.09 bits per heavy atom. The van der Waals surface area contributed by atoms with Crippen LogP contribution in [0.25, 0.3) is 11.0 Å². The van der Waals surface area contributed by atoms with E-state index >= 15 is 0 Å². The van der Waals surface area contributed by atoms with E-state index in [1.165, 1.54) is 4.31 Å². The van der Waals surface area contributed by atoms with Gasteiger partial charge in [-0.3, -0.25) is 0 Å². The second-order valence-electron chi connectivity index (χ2n) is 5.35. The van der Waals surface area contributed by atoms with E-state index in [9.17, 15) is 8.42 Å². The van der Waals surface area contributed by atoms with Crippen molar-refractivity contribution in [1.82, 2.24) is 4.31 Å². The lowest BCUT2D eigenvalue weighted by atomic mass is 10.2. The van der Waals surface area contributed by atoms with Crippen molar-refractivity contribution in [3.63, 3.8) is 0 Å². The van der Waals surface area contributed by atoms with Crippen LogP contribution < -0.4 is 0 Å². The SMILES string of the molecule is CN(Cc1cc2ccccc2o1)S(=O)(=O)Cc1ccccc1Cl. The molecule has 0 saturated carbocycles. The van der Waals surface area contributed by atoms with Crippen molar-refractivity contribution in [2.45, 2.75) is 12.3 Å². The van der Waals surface area contributed by atoms with Gasteiger partial charge in [0.2, 0.25) is 10.0 Å². The number of halogens is 1. The van der Waals surface area contributed by atoms with Crippen LogP contribution in [0.15, 0.2) is 59.0 Å². The highest BCUT2D eigenvalue weighted by Gasteiger charge is 2.21. The van der Waals surface area contributed by atoms with Crippen molar-refractivity contribution in [3.8, 4) is 0 Å². The highest BCUT2D eigenvalue weighted by molar-refractivity contribution is 7.88. The van der Waals surface area contributed by atoms with Gasteiger partial charge >= 0.3 is 0 Å². The Kier molecular flexibility index (Phi) is 4.43. The van der Waals surface area contributed by atoms with Gasteiger partial charge in [-0.1, -0.05) is 48.0 Å². The van der Waals surface area contributed by atoms with Crippen LogP contribution in [0.1, 0.15) is 11.3 Å². The van der Waals surface area contributed by atoms with Crippen LogP contribution in [-0.4, -0.2) is 19.8 Å². The first-order valence-corrected chi connectivity index (χ1v) is 9.09. The zero-order valence-electron chi connectivity index (χ0n) is 12.6. The molecule has 0 saturated heterocycles. The quantitative estimate of drug-likeness (QED) is 0.698.